The Kier molecular flexibility index (Phi) is 8.75. The highest BCUT2D eigenvalue weighted by Crippen LogP contribution is 2.33. The fraction of sp³-hybridized carbons (Fsp3) is 0.542. The van der Waals surface area contributed by atoms with Gasteiger partial charge in [0.1, 0.15) is 17.3 Å². The lowest BCUT2D eigenvalue weighted by Crippen LogP contribution is -2.33. The summed E-state index contributed by atoms with van der Waals surface area (Å²) in [5.41, 5.74) is 1.60. The van der Waals surface area contributed by atoms with E-state index in [0.29, 0.717) is 46.6 Å². The quantitative estimate of drug-likeness (QED) is 0.527. The van der Waals surface area contributed by atoms with E-state index >= 15 is 0 Å². The summed E-state index contributed by atoms with van der Waals surface area (Å²) in [6.07, 6.45) is 6.85. The van der Waals surface area contributed by atoms with Gasteiger partial charge in [-0.1, -0.05) is 23.2 Å². The molecule has 0 bridgehead atoms. The Morgan fingerprint density at radius 3 is 2.71 bits per heavy atom. The van der Waals surface area contributed by atoms with Crippen LogP contribution in [0.3, 0.4) is 0 Å². The molecule has 0 spiro atoms. The van der Waals surface area contributed by atoms with Crippen LogP contribution >= 0.6 is 23.2 Å². The molecule has 2 N–H and O–H groups in total. The highest BCUT2D eigenvalue weighted by Gasteiger charge is 2.31. The third-order valence-corrected chi connectivity index (χ3v) is 7.14. The van der Waals surface area contributed by atoms with Crippen molar-refractivity contribution in [3.8, 4) is 11.3 Å². The van der Waals surface area contributed by atoms with Crippen molar-refractivity contribution >= 4 is 40.9 Å². The molecule has 1 saturated carbocycles. The molecule has 3 heterocycles. The molecule has 9 nitrogen and oxygen atoms in total. The van der Waals surface area contributed by atoms with Crippen molar-refractivity contribution in [1.29, 1.82) is 0 Å². The van der Waals surface area contributed by atoms with E-state index in [-0.39, 0.29) is 29.3 Å². The molecule has 2 aliphatic rings. The lowest BCUT2D eigenvalue weighted by molar-refractivity contribution is -0.122. The lowest BCUT2D eigenvalue weighted by atomic mass is 9.97. The Labute approximate surface area is 214 Å². The number of amides is 1. The highest BCUT2D eigenvalue weighted by molar-refractivity contribution is 6.35. The number of nitrogens with one attached hydrogen (secondary N) is 2. The first kappa shape index (κ1) is 25.6. The second-order valence-electron chi connectivity index (χ2n) is 8.97. The van der Waals surface area contributed by atoms with Gasteiger partial charge in [-0.15, -0.1) is 0 Å². The number of aromatic nitrogens is 3. The van der Waals surface area contributed by atoms with Crippen LogP contribution in [0.2, 0.25) is 10.2 Å². The van der Waals surface area contributed by atoms with Gasteiger partial charge in [0.25, 0.3) is 0 Å². The minimum Gasteiger partial charge on any atom is -0.453 e. The van der Waals surface area contributed by atoms with Crippen molar-refractivity contribution in [1.82, 2.24) is 20.3 Å². The van der Waals surface area contributed by atoms with Crippen molar-refractivity contribution in [3.63, 3.8) is 0 Å². The molecule has 188 valence electrons. The summed E-state index contributed by atoms with van der Waals surface area (Å²) in [5, 5.41) is 6.71. The molecule has 35 heavy (non-hydrogen) atoms. The van der Waals surface area contributed by atoms with Crippen LogP contribution in [0.15, 0.2) is 18.5 Å². The molecule has 0 radical (unpaired) electrons. The molecule has 2 aromatic heterocycles. The monoisotopic (exact) mass is 521 g/mol. The molecule has 11 heteroatoms. The molecule has 1 aliphatic heterocycles. The summed E-state index contributed by atoms with van der Waals surface area (Å²) in [6.45, 7) is 2.33. The zero-order valence-corrected chi connectivity index (χ0v) is 21.1. The van der Waals surface area contributed by atoms with E-state index in [2.05, 4.69) is 30.3 Å². The number of ketones is 1. The van der Waals surface area contributed by atoms with Crippen LogP contribution in [0.5, 0.6) is 0 Å². The van der Waals surface area contributed by atoms with Gasteiger partial charge in [-0.3, -0.25) is 9.78 Å². The van der Waals surface area contributed by atoms with Gasteiger partial charge in [-0.2, -0.15) is 0 Å². The fourth-order valence-electron chi connectivity index (χ4n) is 4.54. The topological polar surface area (TPSA) is 115 Å². The van der Waals surface area contributed by atoms with Crippen molar-refractivity contribution in [3.05, 3.63) is 34.3 Å². The van der Waals surface area contributed by atoms with Crippen molar-refractivity contribution in [2.75, 3.05) is 32.2 Å². The molecule has 2 fully saturated rings. The maximum Gasteiger partial charge on any atom is 0.407 e. The average molecular weight is 522 g/mol. The van der Waals surface area contributed by atoms with Crippen molar-refractivity contribution in [2.45, 2.75) is 44.6 Å². The number of methoxy groups -OCH3 is 1. The number of carbonyl (C=O) groups excluding carboxylic acids is 2. The van der Waals surface area contributed by atoms with Gasteiger partial charge in [0, 0.05) is 55.6 Å². The normalized spacial score (nSPS) is 20.4. The predicted molar refractivity (Wildman–Crippen MR) is 133 cm³/mol. The van der Waals surface area contributed by atoms with Gasteiger partial charge in [0.05, 0.1) is 18.3 Å². The van der Waals surface area contributed by atoms with Crippen LogP contribution in [0, 0.1) is 11.8 Å². The highest BCUT2D eigenvalue weighted by atomic mass is 35.5. The molecule has 2 atom stereocenters. The number of carbonyl (C=O) groups is 2. The summed E-state index contributed by atoms with van der Waals surface area (Å²) in [5.74, 6) is 1.06. The smallest absolute Gasteiger partial charge is 0.407 e. The van der Waals surface area contributed by atoms with Gasteiger partial charge in [0.2, 0.25) is 0 Å². The first-order valence-electron chi connectivity index (χ1n) is 11.8. The molecule has 0 aromatic carbocycles. The second-order valence-corrected chi connectivity index (χ2v) is 9.74. The van der Waals surface area contributed by atoms with E-state index in [4.69, 9.17) is 27.9 Å². The van der Waals surface area contributed by atoms with E-state index < -0.39 is 6.09 Å². The zero-order chi connectivity index (χ0) is 24.8. The molecule has 2 aromatic rings. The first-order valence-corrected chi connectivity index (χ1v) is 12.5. The maximum absolute atomic E-state index is 12.9. The van der Waals surface area contributed by atoms with Gasteiger partial charge < -0.3 is 20.1 Å². The summed E-state index contributed by atoms with van der Waals surface area (Å²) >= 11 is 12.8. The van der Waals surface area contributed by atoms with E-state index in [9.17, 15) is 9.59 Å². The van der Waals surface area contributed by atoms with E-state index in [1.165, 1.54) is 13.3 Å². The maximum atomic E-state index is 12.9. The number of rotatable bonds is 8. The first-order chi connectivity index (χ1) is 16.9. The summed E-state index contributed by atoms with van der Waals surface area (Å²) in [7, 11) is 1.32. The molecule has 0 unspecified atom stereocenters. The Bertz CT molecular complexity index is 1060. The Hall–Kier alpha value is -2.49. The van der Waals surface area contributed by atoms with Gasteiger partial charge in [0.15, 0.2) is 5.15 Å². The fourth-order valence-corrected chi connectivity index (χ4v) is 4.93. The summed E-state index contributed by atoms with van der Waals surface area (Å²) < 4.78 is 10.1. The van der Waals surface area contributed by atoms with E-state index in [0.717, 1.165) is 39.0 Å². The third-order valence-electron chi connectivity index (χ3n) is 6.56. The van der Waals surface area contributed by atoms with Crippen LogP contribution in [-0.4, -0.2) is 59.7 Å². The SMILES string of the molecule is COC(=O)N[C@H]1CC[C@@H](C(=O)Cc2cc(-c3nc(NCC4CCOCC4)cnc3Cl)c(Cl)cn2)C1. The van der Waals surface area contributed by atoms with Crippen molar-refractivity contribution in [2.24, 2.45) is 11.8 Å². The van der Waals surface area contributed by atoms with Crippen molar-refractivity contribution < 1.29 is 19.1 Å². The van der Waals surface area contributed by atoms with Gasteiger partial charge in [-0.25, -0.2) is 14.8 Å². The lowest BCUT2D eigenvalue weighted by Gasteiger charge is -2.22. The third kappa shape index (κ3) is 6.80. The average Bonchev–Trinajstić information content (AvgIpc) is 3.34. The number of hydrogen-bond donors (Lipinski definition) is 2. The summed E-state index contributed by atoms with van der Waals surface area (Å²) in [4.78, 5) is 37.6. The number of hydrogen-bond acceptors (Lipinski definition) is 8. The number of nitrogens with zero attached hydrogens (tertiary/aromatic N) is 3. The molecule has 1 amide bonds. The standard InChI is InChI=1S/C24H29Cl2N5O4/c1-34-24(33)30-16-3-2-15(8-16)20(32)10-17-9-18(19(25)12-27-17)22-23(26)29-13-21(31-22)28-11-14-4-6-35-7-5-14/h9,12-16H,2-8,10-11H2,1H3,(H,28,31)(H,30,33)/t15-,16+/m1/s1. The van der Waals surface area contributed by atoms with Crippen LogP contribution in [-0.2, 0) is 20.7 Å². The number of anilines is 1. The molecule has 1 saturated heterocycles. The molecular formula is C24H29Cl2N5O4. The Balaban J connectivity index is 1.43. The Morgan fingerprint density at radius 2 is 1.94 bits per heavy atom. The number of Topliss-reactive ketones (excluding diaryl/α,β-unsaturated/α-hetero) is 1. The van der Waals surface area contributed by atoms with Crippen LogP contribution in [0.1, 0.15) is 37.8 Å². The summed E-state index contributed by atoms with van der Waals surface area (Å²) in [6, 6.07) is 1.69. The minimum absolute atomic E-state index is 0.0596. The zero-order valence-electron chi connectivity index (χ0n) is 19.6. The number of pyridine rings is 1. The number of halogens is 2. The van der Waals surface area contributed by atoms with Gasteiger partial charge in [-0.05, 0) is 44.1 Å². The predicted octanol–water partition coefficient (Wildman–Crippen LogP) is 4.32. The van der Waals surface area contributed by atoms with E-state index in [1.807, 2.05) is 0 Å². The van der Waals surface area contributed by atoms with Crippen LogP contribution in [0.4, 0.5) is 10.6 Å². The molecular weight excluding hydrogens is 493 g/mol. The minimum atomic E-state index is -0.477. The Morgan fingerprint density at radius 1 is 1.14 bits per heavy atom. The molecule has 1 aliphatic carbocycles. The largest absolute Gasteiger partial charge is 0.453 e. The second kappa shape index (κ2) is 12.0. The van der Waals surface area contributed by atoms with E-state index in [1.54, 1.807) is 12.3 Å². The number of alkyl carbamates (subject to hydrolysis) is 1. The van der Waals surface area contributed by atoms with Crippen LogP contribution < -0.4 is 10.6 Å². The number of ether oxygens (including phenoxy) is 2. The molecule has 4 rings (SSSR count). The van der Waals surface area contributed by atoms with Crippen LogP contribution in [0.25, 0.3) is 11.3 Å². The van der Waals surface area contributed by atoms with Gasteiger partial charge >= 0.3 is 6.09 Å².